The summed E-state index contributed by atoms with van der Waals surface area (Å²) in [4.78, 5) is 29.1. The number of halogens is 1. The molecule has 2 fully saturated rings. The number of rotatable bonds is 5. The number of hydrogen-bond donors (Lipinski definition) is 1. The third-order valence-electron chi connectivity index (χ3n) is 6.77. The average molecular weight is 513 g/mol. The van der Waals surface area contributed by atoms with Gasteiger partial charge in [0.15, 0.2) is 11.5 Å². The zero-order valence-electron chi connectivity index (χ0n) is 19.7. The van der Waals surface area contributed by atoms with Crippen LogP contribution in [0.3, 0.4) is 0 Å². The first kappa shape index (κ1) is 24.1. The van der Waals surface area contributed by atoms with Crippen molar-refractivity contribution >= 4 is 41.3 Å². The van der Waals surface area contributed by atoms with E-state index < -0.39 is 0 Å². The Labute approximate surface area is 215 Å². The summed E-state index contributed by atoms with van der Waals surface area (Å²) in [5.41, 5.74) is 1.74. The van der Waals surface area contributed by atoms with Crippen LogP contribution in [-0.2, 0) is 9.59 Å². The monoisotopic (exact) mass is 512 g/mol. The van der Waals surface area contributed by atoms with Crippen LogP contribution in [0.25, 0.3) is 6.08 Å². The molecule has 8 heteroatoms. The number of benzene rings is 2. The van der Waals surface area contributed by atoms with Crippen molar-refractivity contribution in [3.8, 4) is 11.5 Å². The van der Waals surface area contributed by atoms with E-state index in [9.17, 15) is 9.59 Å². The largest absolute Gasteiger partial charge is 0.486 e. The molecule has 0 aromatic heterocycles. The predicted molar refractivity (Wildman–Crippen MR) is 139 cm³/mol. The highest BCUT2D eigenvalue weighted by molar-refractivity contribution is 8.04. The van der Waals surface area contributed by atoms with Crippen molar-refractivity contribution in [2.45, 2.75) is 49.9 Å². The summed E-state index contributed by atoms with van der Waals surface area (Å²) in [6, 6.07) is 13.1. The smallest absolute Gasteiger partial charge is 0.261 e. The Balaban J connectivity index is 1.32. The van der Waals surface area contributed by atoms with Crippen LogP contribution in [0.5, 0.6) is 11.5 Å². The van der Waals surface area contributed by atoms with Crippen LogP contribution in [0.1, 0.15) is 49.8 Å². The number of fused-ring (bicyclic) bond motifs is 2. The topological polar surface area (TPSA) is 67.9 Å². The number of amides is 2. The number of hydrogen-bond acceptors (Lipinski definition) is 5. The maximum Gasteiger partial charge on any atom is 0.261 e. The van der Waals surface area contributed by atoms with Gasteiger partial charge in [-0.2, -0.15) is 0 Å². The fourth-order valence-electron chi connectivity index (χ4n) is 4.95. The Bertz CT molecular complexity index is 1150. The van der Waals surface area contributed by atoms with E-state index in [1.807, 2.05) is 55.5 Å². The Morgan fingerprint density at radius 3 is 2.77 bits per heavy atom. The molecule has 2 aromatic rings. The lowest BCUT2D eigenvalue weighted by atomic mass is 9.93. The fourth-order valence-corrected chi connectivity index (χ4v) is 6.60. The molecule has 1 aliphatic carbocycles. The third kappa shape index (κ3) is 5.31. The standard InChI is InChI=1S/C27H29ClN2O4S/c1-17(18-10-11-22-23(14-18)34-13-12-33-22)29-26(31)16-30-21-8-4-5-9-24(21)35-25(27(30)32)15-19-6-2-3-7-20(19)28/h2-3,6-7,10-11,14-15,17,21,24H,4-5,8-9,12-13,16H2,1H3,(H,29,31)/b25-15+. The van der Waals surface area contributed by atoms with Gasteiger partial charge in [-0.05, 0) is 55.2 Å². The van der Waals surface area contributed by atoms with E-state index in [0.717, 1.165) is 42.6 Å². The Morgan fingerprint density at radius 2 is 1.94 bits per heavy atom. The summed E-state index contributed by atoms with van der Waals surface area (Å²) in [6.07, 6.45) is 6.04. The summed E-state index contributed by atoms with van der Waals surface area (Å²) >= 11 is 7.98. The highest BCUT2D eigenvalue weighted by Crippen LogP contribution is 2.42. The summed E-state index contributed by atoms with van der Waals surface area (Å²) < 4.78 is 11.3. The van der Waals surface area contributed by atoms with Gasteiger partial charge in [-0.15, -0.1) is 11.8 Å². The zero-order chi connectivity index (χ0) is 24.4. The van der Waals surface area contributed by atoms with E-state index in [2.05, 4.69) is 5.32 Å². The maximum absolute atomic E-state index is 13.5. The van der Waals surface area contributed by atoms with Crippen molar-refractivity contribution in [1.82, 2.24) is 10.2 Å². The van der Waals surface area contributed by atoms with Crippen molar-refractivity contribution in [3.63, 3.8) is 0 Å². The maximum atomic E-state index is 13.5. The molecule has 2 aliphatic heterocycles. The average Bonchev–Trinajstić information content (AvgIpc) is 2.87. The van der Waals surface area contributed by atoms with E-state index in [0.29, 0.717) is 34.1 Å². The molecule has 184 valence electrons. The fraction of sp³-hybridized carbons (Fsp3) is 0.407. The molecule has 1 saturated heterocycles. The first-order valence-corrected chi connectivity index (χ1v) is 13.4. The van der Waals surface area contributed by atoms with Gasteiger partial charge in [0.1, 0.15) is 19.8 Å². The Hall–Kier alpha value is -2.64. The van der Waals surface area contributed by atoms with E-state index >= 15 is 0 Å². The summed E-state index contributed by atoms with van der Waals surface area (Å²) in [5.74, 6) is 1.14. The normalized spacial score (nSPS) is 23.5. The molecule has 1 N–H and O–H groups in total. The van der Waals surface area contributed by atoms with Crippen LogP contribution in [0.2, 0.25) is 5.02 Å². The van der Waals surface area contributed by atoms with E-state index in [1.54, 1.807) is 16.7 Å². The van der Waals surface area contributed by atoms with Crippen molar-refractivity contribution in [2.75, 3.05) is 19.8 Å². The molecule has 5 rings (SSSR count). The minimum absolute atomic E-state index is 0.0370. The van der Waals surface area contributed by atoms with Crippen molar-refractivity contribution in [1.29, 1.82) is 0 Å². The molecule has 0 spiro atoms. The van der Waals surface area contributed by atoms with Gasteiger partial charge >= 0.3 is 0 Å². The third-order valence-corrected chi connectivity index (χ3v) is 8.51. The van der Waals surface area contributed by atoms with Gasteiger partial charge in [0, 0.05) is 16.3 Å². The molecule has 1 saturated carbocycles. The second kappa shape index (κ2) is 10.5. The molecule has 3 unspecified atom stereocenters. The second-order valence-corrected chi connectivity index (χ2v) is 10.9. The summed E-state index contributed by atoms with van der Waals surface area (Å²) in [6.45, 7) is 3.02. The molecular formula is C27H29ClN2O4S. The number of ether oxygens (including phenoxy) is 2. The first-order chi connectivity index (χ1) is 17.0. The van der Waals surface area contributed by atoms with Crippen molar-refractivity contribution < 1.29 is 19.1 Å². The molecule has 3 atom stereocenters. The molecule has 6 nitrogen and oxygen atoms in total. The molecule has 2 aromatic carbocycles. The minimum atomic E-state index is -0.229. The number of carbonyl (C=O) groups is 2. The quantitative estimate of drug-likeness (QED) is 0.556. The van der Waals surface area contributed by atoms with Crippen molar-refractivity contribution in [2.24, 2.45) is 0 Å². The molecular weight excluding hydrogens is 484 g/mol. The number of nitrogens with zero attached hydrogens (tertiary/aromatic N) is 1. The zero-order valence-corrected chi connectivity index (χ0v) is 21.2. The lowest BCUT2D eigenvalue weighted by Crippen LogP contribution is -2.54. The first-order valence-electron chi connectivity index (χ1n) is 12.1. The highest BCUT2D eigenvalue weighted by Gasteiger charge is 2.41. The SMILES string of the molecule is CC(NC(=O)CN1C(=O)/C(=C\c2ccccc2Cl)SC2CCCCC21)c1ccc2c(c1)OCCO2. The van der Waals surface area contributed by atoms with Crippen LogP contribution >= 0.6 is 23.4 Å². The lowest BCUT2D eigenvalue weighted by Gasteiger charge is -2.44. The number of thioether (sulfide) groups is 1. The van der Waals surface area contributed by atoms with Crippen LogP contribution in [0, 0.1) is 0 Å². The predicted octanol–water partition coefficient (Wildman–Crippen LogP) is 5.22. The van der Waals surface area contributed by atoms with Crippen LogP contribution < -0.4 is 14.8 Å². The van der Waals surface area contributed by atoms with Crippen LogP contribution in [0.15, 0.2) is 47.4 Å². The van der Waals surface area contributed by atoms with Gasteiger partial charge in [-0.25, -0.2) is 0 Å². The molecule has 35 heavy (non-hydrogen) atoms. The van der Waals surface area contributed by atoms with Crippen LogP contribution in [0.4, 0.5) is 0 Å². The van der Waals surface area contributed by atoms with Gasteiger partial charge in [-0.3, -0.25) is 9.59 Å². The molecule has 0 radical (unpaired) electrons. The van der Waals surface area contributed by atoms with E-state index in [-0.39, 0.29) is 30.4 Å². The second-order valence-electron chi connectivity index (χ2n) is 9.16. The molecule has 2 heterocycles. The lowest BCUT2D eigenvalue weighted by molar-refractivity contribution is -0.135. The van der Waals surface area contributed by atoms with E-state index in [1.165, 1.54) is 0 Å². The highest BCUT2D eigenvalue weighted by atomic mass is 35.5. The van der Waals surface area contributed by atoms with Crippen molar-refractivity contribution in [3.05, 3.63) is 63.5 Å². The van der Waals surface area contributed by atoms with Gasteiger partial charge in [-0.1, -0.05) is 48.7 Å². The van der Waals surface area contributed by atoms with E-state index in [4.69, 9.17) is 21.1 Å². The summed E-state index contributed by atoms with van der Waals surface area (Å²) in [7, 11) is 0. The number of nitrogens with one attached hydrogen (secondary N) is 1. The minimum Gasteiger partial charge on any atom is -0.486 e. The Morgan fingerprint density at radius 1 is 1.17 bits per heavy atom. The van der Waals surface area contributed by atoms with Gasteiger partial charge in [0.25, 0.3) is 5.91 Å². The van der Waals surface area contributed by atoms with Gasteiger partial charge in [0.05, 0.1) is 10.9 Å². The molecule has 0 bridgehead atoms. The molecule has 2 amide bonds. The number of carbonyl (C=O) groups excluding carboxylic acids is 2. The summed E-state index contributed by atoms with van der Waals surface area (Å²) in [5, 5.41) is 3.96. The Kier molecular flexibility index (Phi) is 7.25. The molecule has 3 aliphatic rings. The van der Waals surface area contributed by atoms with Gasteiger partial charge in [0.2, 0.25) is 5.91 Å². The van der Waals surface area contributed by atoms with Gasteiger partial charge < -0.3 is 19.7 Å². The van der Waals surface area contributed by atoms with Crippen LogP contribution in [-0.4, -0.2) is 47.8 Å².